The van der Waals surface area contributed by atoms with E-state index >= 15 is 4.39 Å². The number of rotatable bonds is 5. The lowest BCUT2D eigenvalue weighted by Crippen LogP contribution is -2.19. The first kappa shape index (κ1) is 25.2. The van der Waals surface area contributed by atoms with Gasteiger partial charge in [0.15, 0.2) is 11.6 Å². The Morgan fingerprint density at radius 2 is 1.80 bits per heavy atom. The zero-order valence-corrected chi connectivity index (χ0v) is 21.9. The van der Waals surface area contributed by atoms with Crippen LogP contribution in [0.15, 0.2) is 61.2 Å². The van der Waals surface area contributed by atoms with E-state index in [4.69, 9.17) is 0 Å². The highest BCUT2D eigenvalue weighted by Crippen LogP contribution is 2.34. The van der Waals surface area contributed by atoms with Gasteiger partial charge in [0.2, 0.25) is 5.91 Å². The van der Waals surface area contributed by atoms with E-state index in [2.05, 4.69) is 40.4 Å². The maximum atomic E-state index is 16.1. The highest BCUT2D eigenvalue weighted by atomic mass is 19.1. The van der Waals surface area contributed by atoms with Crippen LogP contribution >= 0.6 is 0 Å². The number of hydrogen-bond acceptors (Lipinski definition) is 6. The Morgan fingerprint density at radius 3 is 2.60 bits per heavy atom. The number of carbonyl (C=O) groups excluding carboxylic acids is 1. The third-order valence-electron chi connectivity index (χ3n) is 6.25. The van der Waals surface area contributed by atoms with Gasteiger partial charge in [-0.3, -0.25) is 24.8 Å². The Labute approximate surface area is 227 Å². The molecule has 5 heterocycles. The first-order chi connectivity index (χ1) is 19.2. The van der Waals surface area contributed by atoms with E-state index in [1.165, 1.54) is 30.7 Å². The van der Waals surface area contributed by atoms with Gasteiger partial charge in [-0.1, -0.05) is 32.9 Å². The fourth-order valence-electron chi connectivity index (χ4n) is 4.57. The average molecular weight is 539 g/mol. The minimum absolute atomic E-state index is 0.0489. The summed E-state index contributed by atoms with van der Waals surface area (Å²) in [5.74, 6) is -0.862. The van der Waals surface area contributed by atoms with Crippen LogP contribution in [-0.2, 0) is 4.79 Å². The van der Waals surface area contributed by atoms with E-state index in [9.17, 15) is 9.18 Å². The third-order valence-corrected chi connectivity index (χ3v) is 6.25. The summed E-state index contributed by atoms with van der Waals surface area (Å²) in [4.78, 5) is 33.1. The molecule has 6 aromatic rings. The lowest BCUT2D eigenvalue weighted by atomic mass is 9.92. The SMILES string of the molecule is CC(C)(C)CC(=O)Nc1cncc(-c2ncc3[nH]nc(-c4nc5c(-c6cccc(F)c6)nccc5[nH]4)c3c2F)c1. The smallest absolute Gasteiger partial charge is 0.224 e. The summed E-state index contributed by atoms with van der Waals surface area (Å²) in [7, 11) is 0. The van der Waals surface area contributed by atoms with E-state index in [1.807, 2.05) is 20.8 Å². The van der Waals surface area contributed by atoms with Crippen LogP contribution in [0.1, 0.15) is 27.2 Å². The molecule has 0 unspecified atom stereocenters. The van der Waals surface area contributed by atoms with E-state index < -0.39 is 5.82 Å². The van der Waals surface area contributed by atoms with Crippen LogP contribution in [0.2, 0.25) is 0 Å². The number of carbonyl (C=O) groups is 1. The van der Waals surface area contributed by atoms with Crippen molar-refractivity contribution in [3.63, 3.8) is 0 Å². The topological polar surface area (TPSA) is 125 Å². The zero-order chi connectivity index (χ0) is 28.0. The molecule has 0 aliphatic rings. The Kier molecular flexibility index (Phi) is 6.05. The van der Waals surface area contributed by atoms with Crippen LogP contribution in [0.3, 0.4) is 0 Å². The fraction of sp³-hybridized carbons (Fsp3) is 0.172. The highest BCUT2D eigenvalue weighted by molar-refractivity contribution is 5.97. The van der Waals surface area contributed by atoms with Crippen LogP contribution in [0, 0.1) is 17.0 Å². The Hall–Kier alpha value is -5.06. The van der Waals surface area contributed by atoms with Crippen molar-refractivity contribution in [2.24, 2.45) is 5.41 Å². The van der Waals surface area contributed by atoms with E-state index in [1.54, 1.807) is 30.5 Å². The standard InChI is InChI=1S/C29H24F2N8O/c1-29(2,3)11-21(40)35-18-10-16(12-32-13-18)24-23(31)22-20(14-34-24)38-39-27(22)28-36-19-7-8-33-25(26(19)37-28)15-5-4-6-17(30)9-15/h4-10,12-14H,11H2,1-3H3,(H,35,40)(H,36,37)(H,38,39). The van der Waals surface area contributed by atoms with Gasteiger partial charge in [0.05, 0.1) is 40.2 Å². The van der Waals surface area contributed by atoms with Crippen LogP contribution < -0.4 is 5.32 Å². The molecule has 0 aliphatic carbocycles. The van der Waals surface area contributed by atoms with Gasteiger partial charge in [-0.15, -0.1) is 0 Å². The lowest BCUT2D eigenvalue weighted by Gasteiger charge is -2.17. The van der Waals surface area contributed by atoms with E-state index in [0.717, 1.165) is 0 Å². The maximum absolute atomic E-state index is 16.1. The summed E-state index contributed by atoms with van der Waals surface area (Å²) in [5.41, 5.74) is 3.51. The molecule has 5 aromatic heterocycles. The molecule has 9 nitrogen and oxygen atoms in total. The lowest BCUT2D eigenvalue weighted by molar-refractivity contribution is -0.117. The molecule has 0 saturated heterocycles. The number of nitrogens with one attached hydrogen (secondary N) is 3. The molecule has 0 spiro atoms. The molecule has 11 heteroatoms. The number of fused-ring (bicyclic) bond motifs is 2. The van der Waals surface area contributed by atoms with Crippen molar-refractivity contribution in [3.8, 4) is 34.0 Å². The number of aromatic nitrogens is 7. The summed E-state index contributed by atoms with van der Waals surface area (Å²) in [6.07, 6.45) is 6.38. The molecule has 200 valence electrons. The molecule has 0 bridgehead atoms. The van der Waals surface area contributed by atoms with Crippen molar-refractivity contribution >= 4 is 33.5 Å². The Balaban J connectivity index is 1.40. The molecule has 1 amide bonds. The number of aromatic amines is 2. The summed E-state index contributed by atoms with van der Waals surface area (Å²) in [6, 6.07) is 9.44. The van der Waals surface area contributed by atoms with Crippen molar-refractivity contribution < 1.29 is 13.6 Å². The minimum atomic E-state index is -0.620. The van der Waals surface area contributed by atoms with Crippen LogP contribution in [0.5, 0.6) is 0 Å². The number of nitrogens with zero attached hydrogens (tertiary/aromatic N) is 5. The van der Waals surface area contributed by atoms with Gasteiger partial charge in [0.25, 0.3) is 0 Å². The van der Waals surface area contributed by atoms with Crippen LogP contribution in [0.4, 0.5) is 14.5 Å². The monoisotopic (exact) mass is 538 g/mol. The molecule has 6 rings (SSSR count). The summed E-state index contributed by atoms with van der Waals surface area (Å²) in [5, 5.41) is 10.1. The third kappa shape index (κ3) is 4.77. The average Bonchev–Trinajstić information content (AvgIpc) is 3.52. The van der Waals surface area contributed by atoms with E-state index in [0.29, 0.717) is 51.3 Å². The molecular formula is C29H24F2N8O. The predicted octanol–water partition coefficient (Wildman–Crippen LogP) is 6.28. The number of hydrogen-bond donors (Lipinski definition) is 3. The molecule has 0 saturated carbocycles. The summed E-state index contributed by atoms with van der Waals surface area (Å²) < 4.78 is 29.9. The van der Waals surface area contributed by atoms with Crippen LogP contribution in [-0.4, -0.2) is 41.0 Å². The Bertz CT molecular complexity index is 1900. The van der Waals surface area contributed by atoms with Gasteiger partial charge in [0.1, 0.15) is 22.7 Å². The quantitative estimate of drug-likeness (QED) is 0.237. The number of H-pyrrole nitrogens is 2. The molecule has 0 fully saturated rings. The van der Waals surface area contributed by atoms with Gasteiger partial charge in [-0.25, -0.2) is 13.8 Å². The summed E-state index contributed by atoms with van der Waals surface area (Å²) >= 11 is 0. The molecule has 40 heavy (non-hydrogen) atoms. The minimum Gasteiger partial charge on any atom is -0.336 e. The predicted molar refractivity (Wildman–Crippen MR) is 148 cm³/mol. The second-order valence-corrected chi connectivity index (χ2v) is 10.7. The molecule has 3 N–H and O–H groups in total. The number of benzene rings is 1. The number of anilines is 1. The van der Waals surface area contributed by atoms with Crippen molar-refractivity contribution in [3.05, 3.63) is 72.8 Å². The maximum Gasteiger partial charge on any atom is 0.224 e. The first-order valence-electron chi connectivity index (χ1n) is 12.6. The first-order valence-corrected chi connectivity index (χ1v) is 12.6. The molecule has 0 aliphatic heterocycles. The van der Waals surface area contributed by atoms with Crippen molar-refractivity contribution in [1.82, 2.24) is 35.1 Å². The second kappa shape index (κ2) is 9.60. The molecule has 1 aromatic carbocycles. The fourth-order valence-corrected chi connectivity index (χ4v) is 4.57. The normalized spacial score (nSPS) is 11.8. The number of imidazole rings is 1. The molecule has 0 radical (unpaired) electrons. The highest BCUT2D eigenvalue weighted by Gasteiger charge is 2.22. The zero-order valence-electron chi connectivity index (χ0n) is 21.9. The number of halogens is 2. The van der Waals surface area contributed by atoms with Crippen molar-refractivity contribution in [1.29, 1.82) is 0 Å². The van der Waals surface area contributed by atoms with Gasteiger partial charge in [-0.2, -0.15) is 5.10 Å². The van der Waals surface area contributed by atoms with Gasteiger partial charge < -0.3 is 10.3 Å². The number of pyridine rings is 3. The van der Waals surface area contributed by atoms with E-state index in [-0.39, 0.29) is 33.9 Å². The van der Waals surface area contributed by atoms with Crippen molar-refractivity contribution in [2.45, 2.75) is 27.2 Å². The Morgan fingerprint density at radius 1 is 0.950 bits per heavy atom. The summed E-state index contributed by atoms with van der Waals surface area (Å²) in [6.45, 7) is 5.91. The van der Waals surface area contributed by atoms with Gasteiger partial charge >= 0.3 is 0 Å². The number of amides is 1. The largest absolute Gasteiger partial charge is 0.336 e. The van der Waals surface area contributed by atoms with Gasteiger partial charge in [0, 0.05) is 29.9 Å². The van der Waals surface area contributed by atoms with Gasteiger partial charge in [-0.05, 0) is 29.7 Å². The second-order valence-electron chi connectivity index (χ2n) is 10.7. The molecular weight excluding hydrogens is 514 g/mol. The molecule has 0 atom stereocenters. The van der Waals surface area contributed by atoms with Crippen molar-refractivity contribution in [2.75, 3.05) is 5.32 Å². The van der Waals surface area contributed by atoms with Crippen LogP contribution in [0.25, 0.3) is 56.0 Å².